The number of fused-ring (bicyclic) bond motifs is 3. The molecular formula is C28H36ClN3O7. The molecule has 0 saturated heterocycles. The van der Waals surface area contributed by atoms with Crippen molar-refractivity contribution in [2.75, 3.05) is 21.1 Å². The number of halogens is 1. The lowest BCUT2D eigenvalue weighted by molar-refractivity contribution is -0.153. The Labute approximate surface area is 232 Å². The van der Waals surface area contributed by atoms with E-state index in [1.54, 1.807) is 14.1 Å². The minimum atomic E-state index is -2.67. The summed E-state index contributed by atoms with van der Waals surface area (Å²) < 4.78 is 0. The molecule has 3 aliphatic rings. The molecule has 0 spiro atoms. The Kier molecular flexibility index (Phi) is 7.40. The fourth-order valence-electron chi connectivity index (χ4n) is 6.38. The van der Waals surface area contributed by atoms with Gasteiger partial charge < -0.3 is 26.2 Å². The number of aromatic hydroxyl groups is 1. The van der Waals surface area contributed by atoms with Crippen LogP contribution in [-0.4, -0.2) is 86.5 Å². The van der Waals surface area contributed by atoms with E-state index in [0.717, 1.165) is 0 Å². The van der Waals surface area contributed by atoms with Gasteiger partial charge in [-0.15, -0.1) is 0 Å². The number of likely N-dealkylation sites (N-methyl/N-ethyl adjacent to an activating group) is 1. The van der Waals surface area contributed by atoms with Crippen molar-refractivity contribution >= 4 is 34.8 Å². The van der Waals surface area contributed by atoms with Crippen LogP contribution in [0.4, 0.5) is 0 Å². The monoisotopic (exact) mass is 561 g/mol. The number of aliphatic hydroxyl groups is 3. The van der Waals surface area contributed by atoms with Crippen molar-refractivity contribution in [3.8, 4) is 5.75 Å². The first-order valence-corrected chi connectivity index (χ1v) is 13.3. The lowest BCUT2D eigenvalue weighted by Crippen LogP contribution is -2.65. The molecule has 0 aliphatic heterocycles. The van der Waals surface area contributed by atoms with Gasteiger partial charge in [-0.05, 0) is 69.9 Å². The van der Waals surface area contributed by atoms with Crippen molar-refractivity contribution in [1.82, 2.24) is 9.80 Å². The second-order valence-corrected chi connectivity index (χ2v) is 12.0. The average Bonchev–Trinajstić information content (AvgIpc) is 2.83. The lowest BCUT2D eigenvalue weighted by Gasteiger charge is -2.50. The van der Waals surface area contributed by atoms with Crippen LogP contribution in [-0.2, 0) is 27.3 Å². The number of Topliss-reactive ketones (excluding diaryl/α,β-unsaturated/α-hetero) is 2. The number of nitrogens with two attached hydrogens (primary N) is 1. The number of nitrogens with zero attached hydrogens (tertiary/aromatic N) is 2. The first kappa shape index (κ1) is 29.1. The van der Waals surface area contributed by atoms with E-state index in [4.69, 9.17) is 17.3 Å². The summed E-state index contributed by atoms with van der Waals surface area (Å²) in [6, 6.07) is 0.547. The highest BCUT2D eigenvalue weighted by Gasteiger charge is 2.64. The number of phenols is 1. The van der Waals surface area contributed by atoms with E-state index in [9.17, 15) is 34.8 Å². The second kappa shape index (κ2) is 9.92. The Morgan fingerprint density at radius 3 is 2.33 bits per heavy atom. The first-order chi connectivity index (χ1) is 18.0. The zero-order chi connectivity index (χ0) is 29.3. The summed E-state index contributed by atoms with van der Waals surface area (Å²) in [5.41, 5.74) is 2.74. The van der Waals surface area contributed by atoms with Gasteiger partial charge in [0.25, 0.3) is 5.91 Å². The van der Waals surface area contributed by atoms with Crippen molar-refractivity contribution in [2.45, 2.75) is 57.8 Å². The third kappa shape index (κ3) is 4.25. The molecule has 10 nitrogen and oxygen atoms in total. The van der Waals surface area contributed by atoms with Crippen molar-refractivity contribution in [3.05, 3.63) is 44.7 Å². The summed E-state index contributed by atoms with van der Waals surface area (Å²) in [5, 5.41) is 45.2. The zero-order valence-electron chi connectivity index (χ0n) is 22.9. The predicted molar refractivity (Wildman–Crippen MR) is 145 cm³/mol. The number of carbonyl (C=O) groups is 3. The van der Waals surface area contributed by atoms with Crippen LogP contribution < -0.4 is 5.73 Å². The van der Waals surface area contributed by atoms with Crippen LogP contribution in [0.25, 0.3) is 5.76 Å². The van der Waals surface area contributed by atoms with E-state index in [1.165, 1.54) is 11.0 Å². The molecule has 3 aliphatic carbocycles. The van der Waals surface area contributed by atoms with Crippen LogP contribution in [0.5, 0.6) is 5.75 Å². The SMILES string of the molecule is CC(C)[C@H](C)N(C)Cc1cc(O)c2c(c1Cl)C[C@H]1C[C@H]3[C@H](N(C)C)C(=O)C(C(N)=O)=C(O)[C@@]3(O)C(=O)C1=C2O. The van der Waals surface area contributed by atoms with Gasteiger partial charge in [-0.25, -0.2) is 0 Å². The minimum absolute atomic E-state index is 0.0113. The Morgan fingerprint density at radius 2 is 1.79 bits per heavy atom. The molecule has 1 fully saturated rings. The van der Waals surface area contributed by atoms with Gasteiger partial charge in [0, 0.05) is 29.1 Å². The molecule has 11 heteroatoms. The van der Waals surface area contributed by atoms with Crippen LogP contribution in [0.1, 0.15) is 43.9 Å². The maximum absolute atomic E-state index is 13.9. The molecule has 1 amide bonds. The summed E-state index contributed by atoms with van der Waals surface area (Å²) in [5.74, 6) is -6.48. The molecule has 0 heterocycles. The summed E-state index contributed by atoms with van der Waals surface area (Å²) in [7, 11) is 5.07. The van der Waals surface area contributed by atoms with E-state index >= 15 is 0 Å². The molecule has 0 bridgehead atoms. The van der Waals surface area contributed by atoms with Crippen LogP contribution in [0.3, 0.4) is 0 Å². The van der Waals surface area contributed by atoms with E-state index in [-0.39, 0.29) is 35.8 Å². The fourth-order valence-corrected chi connectivity index (χ4v) is 6.67. The van der Waals surface area contributed by atoms with Crippen molar-refractivity contribution in [1.29, 1.82) is 0 Å². The Balaban J connectivity index is 1.87. The summed E-state index contributed by atoms with van der Waals surface area (Å²) in [6.07, 6.45) is 0.162. The largest absolute Gasteiger partial charge is 0.508 e. The van der Waals surface area contributed by atoms with Crippen LogP contribution in [0, 0.1) is 17.8 Å². The molecule has 0 aromatic heterocycles. The van der Waals surface area contributed by atoms with Crippen molar-refractivity contribution in [3.63, 3.8) is 0 Å². The topological polar surface area (TPSA) is 165 Å². The zero-order valence-corrected chi connectivity index (χ0v) is 23.7. The summed E-state index contributed by atoms with van der Waals surface area (Å²) in [6.45, 7) is 6.74. The Hall–Kier alpha value is -2.92. The number of phenolic OH excluding ortho intramolecular Hbond substituents is 1. The number of hydrogen-bond acceptors (Lipinski definition) is 9. The number of hydrogen-bond donors (Lipinski definition) is 5. The van der Waals surface area contributed by atoms with Gasteiger partial charge in [0.1, 0.15) is 22.8 Å². The van der Waals surface area contributed by atoms with E-state index in [1.807, 2.05) is 7.05 Å². The molecule has 0 unspecified atom stereocenters. The highest BCUT2D eigenvalue weighted by atomic mass is 35.5. The summed E-state index contributed by atoms with van der Waals surface area (Å²) in [4.78, 5) is 42.7. The van der Waals surface area contributed by atoms with Gasteiger partial charge in [-0.1, -0.05) is 25.4 Å². The van der Waals surface area contributed by atoms with E-state index < -0.39 is 58.0 Å². The number of benzene rings is 1. The molecule has 0 radical (unpaired) electrons. The number of rotatable bonds is 6. The van der Waals surface area contributed by atoms with Gasteiger partial charge in [0.05, 0.1) is 11.6 Å². The van der Waals surface area contributed by atoms with Gasteiger partial charge in [-0.2, -0.15) is 0 Å². The Morgan fingerprint density at radius 1 is 1.18 bits per heavy atom. The fraction of sp³-hybridized carbons (Fsp3) is 0.536. The number of amides is 1. The van der Waals surface area contributed by atoms with Gasteiger partial charge in [0.2, 0.25) is 5.78 Å². The maximum Gasteiger partial charge on any atom is 0.255 e. The molecule has 1 aromatic carbocycles. The van der Waals surface area contributed by atoms with E-state index in [2.05, 4.69) is 25.7 Å². The lowest BCUT2D eigenvalue weighted by atomic mass is 9.57. The van der Waals surface area contributed by atoms with Crippen LogP contribution in [0.15, 0.2) is 23.0 Å². The normalized spacial score (nSPS) is 27.7. The van der Waals surface area contributed by atoms with Gasteiger partial charge >= 0.3 is 0 Å². The standard InChI is InChI=1S/C28H36ClN3O7/c1-11(2)12(3)32(6)10-14-9-17(33)19-15(21(14)29)7-13-8-16-22(31(4)5)24(35)20(27(30)38)26(37)28(16,39)25(36)18(13)23(19)34/h9,11-13,16,22,33-34,37,39H,7-8,10H2,1-6H3,(H2,30,38)/t12-,13-,16-,22-,28-/m0/s1. The highest BCUT2D eigenvalue weighted by Crippen LogP contribution is 2.53. The molecule has 1 aromatic rings. The third-order valence-corrected chi connectivity index (χ3v) is 9.28. The van der Waals surface area contributed by atoms with Gasteiger partial charge in [0.15, 0.2) is 11.4 Å². The number of carbonyl (C=O) groups excluding carboxylic acids is 3. The average molecular weight is 562 g/mol. The molecule has 6 N–H and O–H groups in total. The molecule has 1 saturated carbocycles. The summed E-state index contributed by atoms with van der Waals surface area (Å²) >= 11 is 6.84. The van der Waals surface area contributed by atoms with Crippen LogP contribution in [0.2, 0.25) is 5.02 Å². The minimum Gasteiger partial charge on any atom is -0.508 e. The molecule has 212 valence electrons. The quantitative estimate of drug-likeness (QED) is 0.327. The molecular weight excluding hydrogens is 526 g/mol. The number of aliphatic hydroxyl groups excluding tert-OH is 2. The molecule has 39 heavy (non-hydrogen) atoms. The first-order valence-electron chi connectivity index (χ1n) is 12.9. The predicted octanol–water partition coefficient (Wildman–Crippen LogP) is 2.09. The third-order valence-electron chi connectivity index (χ3n) is 8.81. The van der Waals surface area contributed by atoms with Gasteiger partial charge in [-0.3, -0.25) is 24.2 Å². The molecule has 4 rings (SSSR count). The van der Waals surface area contributed by atoms with Crippen molar-refractivity contribution in [2.24, 2.45) is 23.5 Å². The molecule has 5 atom stereocenters. The number of ketones is 2. The van der Waals surface area contributed by atoms with Crippen LogP contribution >= 0.6 is 11.6 Å². The maximum atomic E-state index is 13.9. The second-order valence-electron chi connectivity index (χ2n) is 11.6. The number of primary amides is 1. The van der Waals surface area contributed by atoms with E-state index in [0.29, 0.717) is 28.6 Å². The smallest absolute Gasteiger partial charge is 0.255 e. The highest BCUT2D eigenvalue weighted by molar-refractivity contribution is 6.32. The van der Waals surface area contributed by atoms with Crippen molar-refractivity contribution < 1.29 is 34.8 Å². The Bertz CT molecular complexity index is 1330.